The average molecular weight is 278 g/mol. The summed E-state index contributed by atoms with van der Waals surface area (Å²) in [5.41, 5.74) is 7.71. The normalized spacial score (nSPS) is 12.1. The maximum Gasteiger partial charge on any atom is 0.321 e. The standard InChI is InChI=1S/C14H22N4O2/c1-10(13(19)17-14(20)16-2)18(3)9-12-6-4-11(8-15)5-7-12/h4-7,10H,8-9,15H2,1-3H3,(H2,16,17,19,20). The van der Waals surface area contributed by atoms with E-state index in [1.54, 1.807) is 6.92 Å². The number of hydrogen-bond acceptors (Lipinski definition) is 4. The Kier molecular flexibility index (Phi) is 6.14. The summed E-state index contributed by atoms with van der Waals surface area (Å²) >= 11 is 0. The van der Waals surface area contributed by atoms with Crippen molar-refractivity contribution in [2.24, 2.45) is 5.73 Å². The van der Waals surface area contributed by atoms with Gasteiger partial charge in [-0.3, -0.25) is 15.0 Å². The van der Waals surface area contributed by atoms with E-state index in [1.807, 2.05) is 36.2 Å². The number of carbonyl (C=O) groups is 2. The first-order valence-corrected chi connectivity index (χ1v) is 6.48. The van der Waals surface area contributed by atoms with E-state index < -0.39 is 12.1 Å². The highest BCUT2D eigenvalue weighted by Crippen LogP contribution is 2.08. The Morgan fingerprint density at radius 1 is 1.25 bits per heavy atom. The van der Waals surface area contributed by atoms with E-state index in [4.69, 9.17) is 5.73 Å². The second-order valence-corrected chi connectivity index (χ2v) is 4.68. The highest BCUT2D eigenvalue weighted by atomic mass is 16.2. The molecule has 0 radical (unpaired) electrons. The number of hydrogen-bond donors (Lipinski definition) is 3. The topological polar surface area (TPSA) is 87.5 Å². The second-order valence-electron chi connectivity index (χ2n) is 4.68. The predicted octanol–water partition coefficient (Wildman–Crippen LogP) is 0.421. The van der Waals surface area contributed by atoms with Gasteiger partial charge in [-0.05, 0) is 25.1 Å². The number of urea groups is 1. The predicted molar refractivity (Wildman–Crippen MR) is 77.9 cm³/mol. The van der Waals surface area contributed by atoms with E-state index in [0.717, 1.165) is 11.1 Å². The zero-order valence-corrected chi connectivity index (χ0v) is 12.1. The van der Waals surface area contributed by atoms with E-state index in [1.165, 1.54) is 7.05 Å². The van der Waals surface area contributed by atoms with Crippen LogP contribution in [0.25, 0.3) is 0 Å². The Labute approximate surface area is 119 Å². The molecule has 0 saturated carbocycles. The van der Waals surface area contributed by atoms with Crippen LogP contribution in [-0.2, 0) is 17.9 Å². The summed E-state index contributed by atoms with van der Waals surface area (Å²) in [4.78, 5) is 24.8. The molecule has 0 spiro atoms. The first kappa shape index (κ1) is 16.1. The number of rotatable bonds is 5. The van der Waals surface area contributed by atoms with Crippen LogP contribution in [0, 0.1) is 0 Å². The van der Waals surface area contributed by atoms with Crippen molar-refractivity contribution in [3.8, 4) is 0 Å². The first-order valence-electron chi connectivity index (χ1n) is 6.48. The number of imide groups is 1. The molecule has 0 aliphatic rings. The van der Waals surface area contributed by atoms with Crippen molar-refractivity contribution in [2.45, 2.75) is 26.1 Å². The smallest absolute Gasteiger partial charge is 0.321 e. The van der Waals surface area contributed by atoms with Gasteiger partial charge in [-0.25, -0.2) is 4.79 Å². The van der Waals surface area contributed by atoms with Crippen LogP contribution in [0.5, 0.6) is 0 Å². The fraction of sp³-hybridized carbons (Fsp3) is 0.429. The van der Waals surface area contributed by atoms with Crippen molar-refractivity contribution < 1.29 is 9.59 Å². The Balaban J connectivity index is 2.57. The lowest BCUT2D eigenvalue weighted by atomic mass is 10.1. The molecule has 4 N–H and O–H groups in total. The summed E-state index contributed by atoms with van der Waals surface area (Å²) in [7, 11) is 3.31. The summed E-state index contributed by atoms with van der Waals surface area (Å²) < 4.78 is 0. The third-order valence-electron chi connectivity index (χ3n) is 3.20. The Morgan fingerprint density at radius 3 is 2.30 bits per heavy atom. The van der Waals surface area contributed by atoms with Gasteiger partial charge in [0.1, 0.15) is 0 Å². The van der Waals surface area contributed by atoms with E-state index in [2.05, 4.69) is 10.6 Å². The lowest BCUT2D eigenvalue weighted by Crippen LogP contribution is -2.47. The first-order chi connectivity index (χ1) is 9.47. The summed E-state index contributed by atoms with van der Waals surface area (Å²) in [6.45, 7) is 2.89. The zero-order valence-electron chi connectivity index (χ0n) is 12.1. The van der Waals surface area contributed by atoms with E-state index in [0.29, 0.717) is 13.1 Å². The molecule has 1 unspecified atom stereocenters. The molecule has 0 aromatic heterocycles. The van der Waals surface area contributed by atoms with Crippen molar-refractivity contribution in [1.29, 1.82) is 0 Å². The molecule has 6 nitrogen and oxygen atoms in total. The van der Waals surface area contributed by atoms with Gasteiger partial charge in [-0.1, -0.05) is 24.3 Å². The molecule has 1 aromatic carbocycles. The van der Waals surface area contributed by atoms with E-state index in [9.17, 15) is 9.59 Å². The second kappa shape index (κ2) is 7.62. The van der Waals surface area contributed by atoms with Crippen LogP contribution < -0.4 is 16.4 Å². The molecule has 110 valence electrons. The van der Waals surface area contributed by atoms with Crippen LogP contribution in [0.15, 0.2) is 24.3 Å². The Bertz CT molecular complexity index is 459. The van der Waals surface area contributed by atoms with Crippen molar-refractivity contribution in [3.05, 3.63) is 35.4 Å². The van der Waals surface area contributed by atoms with Crippen molar-refractivity contribution in [1.82, 2.24) is 15.5 Å². The number of nitrogens with two attached hydrogens (primary N) is 1. The van der Waals surface area contributed by atoms with Gasteiger partial charge < -0.3 is 11.1 Å². The molecule has 6 heteroatoms. The number of nitrogens with zero attached hydrogens (tertiary/aromatic N) is 1. The van der Waals surface area contributed by atoms with E-state index in [-0.39, 0.29) is 5.91 Å². The third kappa shape index (κ3) is 4.64. The molecular formula is C14H22N4O2. The number of nitrogens with one attached hydrogen (secondary N) is 2. The van der Waals surface area contributed by atoms with Gasteiger partial charge in [-0.15, -0.1) is 0 Å². The monoisotopic (exact) mass is 278 g/mol. The van der Waals surface area contributed by atoms with Gasteiger partial charge in [0.2, 0.25) is 5.91 Å². The van der Waals surface area contributed by atoms with Gasteiger partial charge in [0.15, 0.2) is 0 Å². The molecule has 3 amide bonds. The summed E-state index contributed by atoms with van der Waals surface area (Å²) in [6, 6.07) is 7.02. The largest absolute Gasteiger partial charge is 0.341 e. The summed E-state index contributed by atoms with van der Waals surface area (Å²) in [5.74, 6) is -0.328. The highest BCUT2D eigenvalue weighted by Gasteiger charge is 2.19. The van der Waals surface area contributed by atoms with Crippen LogP contribution in [0.4, 0.5) is 4.79 Å². The van der Waals surface area contributed by atoms with Gasteiger partial charge in [-0.2, -0.15) is 0 Å². The Hall–Kier alpha value is -1.92. The number of amides is 3. The molecule has 1 atom stereocenters. The zero-order chi connectivity index (χ0) is 15.1. The van der Waals surface area contributed by atoms with E-state index >= 15 is 0 Å². The highest BCUT2D eigenvalue weighted by molar-refractivity contribution is 5.96. The van der Waals surface area contributed by atoms with Crippen molar-refractivity contribution in [2.75, 3.05) is 14.1 Å². The van der Waals surface area contributed by atoms with Crippen LogP contribution >= 0.6 is 0 Å². The third-order valence-corrected chi connectivity index (χ3v) is 3.20. The maximum absolute atomic E-state index is 11.8. The molecule has 0 heterocycles. The maximum atomic E-state index is 11.8. The van der Waals surface area contributed by atoms with Gasteiger partial charge in [0, 0.05) is 20.1 Å². The lowest BCUT2D eigenvalue weighted by molar-refractivity contribution is -0.124. The van der Waals surface area contributed by atoms with Gasteiger partial charge >= 0.3 is 6.03 Å². The molecular weight excluding hydrogens is 256 g/mol. The quantitative estimate of drug-likeness (QED) is 0.728. The molecule has 20 heavy (non-hydrogen) atoms. The summed E-state index contributed by atoms with van der Waals surface area (Å²) in [5, 5.41) is 4.62. The number of benzene rings is 1. The van der Waals surface area contributed by atoms with Crippen LogP contribution in [0.3, 0.4) is 0 Å². The van der Waals surface area contributed by atoms with Crippen LogP contribution in [0.1, 0.15) is 18.1 Å². The SMILES string of the molecule is CNC(=O)NC(=O)C(C)N(C)Cc1ccc(CN)cc1. The number of carbonyl (C=O) groups excluding carboxylic acids is 2. The van der Waals surface area contributed by atoms with Gasteiger partial charge in [0.05, 0.1) is 6.04 Å². The molecule has 0 fully saturated rings. The lowest BCUT2D eigenvalue weighted by Gasteiger charge is -2.23. The summed E-state index contributed by atoms with van der Waals surface area (Å²) in [6.07, 6.45) is 0. The molecule has 1 aromatic rings. The van der Waals surface area contributed by atoms with Gasteiger partial charge in [0.25, 0.3) is 0 Å². The number of likely N-dealkylation sites (N-methyl/N-ethyl adjacent to an activating group) is 1. The molecule has 0 aliphatic carbocycles. The fourth-order valence-electron chi connectivity index (χ4n) is 1.68. The van der Waals surface area contributed by atoms with Crippen LogP contribution in [0.2, 0.25) is 0 Å². The average Bonchev–Trinajstić information content (AvgIpc) is 2.46. The fourth-order valence-corrected chi connectivity index (χ4v) is 1.68. The molecule has 0 aliphatic heterocycles. The van der Waals surface area contributed by atoms with Crippen molar-refractivity contribution in [3.63, 3.8) is 0 Å². The molecule has 1 rings (SSSR count). The molecule has 0 saturated heterocycles. The minimum Gasteiger partial charge on any atom is -0.341 e. The molecule has 0 bridgehead atoms. The van der Waals surface area contributed by atoms with Crippen molar-refractivity contribution >= 4 is 11.9 Å². The Morgan fingerprint density at radius 2 is 1.80 bits per heavy atom. The minimum atomic E-state index is -0.498. The minimum absolute atomic E-state index is 0.328. The van der Waals surface area contributed by atoms with Crippen LogP contribution in [-0.4, -0.2) is 37.0 Å².